The summed E-state index contributed by atoms with van der Waals surface area (Å²) in [6, 6.07) is 7.56. The number of piperidine rings is 1. The third-order valence-electron chi connectivity index (χ3n) is 5.22. The molecule has 1 aromatic carbocycles. The number of hydrogen-bond acceptors (Lipinski definition) is 5. The molecular formula is C19H29N3O4S. The van der Waals surface area contributed by atoms with Gasteiger partial charge in [-0.1, -0.05) is 12.1 Å². The standard InChI is InChI=1S/C19H29N3O4S/c1-2-27(24,25)21-15-9-11-22(12-10-15)18-8-4-3-7-17(18)19(23)20-14-16-6-5-13-26-16/h3-4,7-8,15-16,21H,2,5-6,9-14H2,1H3,(H,20,23)/t16-/m1/s1. The highest BCUT2D eigenvalue weighted by atomic mass is 32.2. The Morgan fingerprint density at radius 1 is 1.22 bits per heavy atom. The summed E-state index contributed by atoms with van der Waals surface area (Å²) in [6.07, 6.45) is 3.61. The van der Waals surface area contributed by atoms with E-state index in [2.05, 4.69) is 14.9 Å². The van der Waals surface area contributed by atoms with Gasteiger partial charge in [-0.2, -0.15) is 0 Å². The van der Waals surface area contributed by atoms with E-state index >= 15 is 0 Å². The van der Waals surface area contributed by atoms with Crippen LogP contribution >= 0.6 is 0 Å². The summed E-state index contributed by atoms with van der Waals surface area (Å²) in [5.41, 5.74) is 1.56. The zero-order valence-corrected chi connectivity index (χ0v) is 16.6. The lowest BCUT2D eigenvalue weighted by molar-refractivity contribution is 0.0858. The maximum Gasteiger partial charge on any atom is 0.253 e. The first-order chi connectivity index (χ1) is 13.0. The molecule has 2 N–H and O–H groups in total. The molecule has 2 saturated heterocycles. The van der Waals surface area contributed by atoms with E-state index in [1.807, 2.05) is 24.3 Å². The smallest absolute Gasteiger partial charge is 0.253 e. The molecule has 0 aromatic heterocycles. The first kappa shape index (κ1) is 20.1. The van der Waals surface area contributed by atoms with Gasteiger partial charge >= 0.3 is 0 Å². The molecule has 0 unspecified atom stereocenters. The number of ether oxygens (including phenoxy) is 1. The van der Waals surface area contributed by atoms with E-state index in [1.165, 1.54) is 0 Å². The summed E-state index contributed by atoms with van der Waals surface area (Å²) in [5.74, 6) is 0.0101. The number of hydrogen-bond donors (Lipinski definition) is 2. The lowest BCUT2D eigenvalue weighted by atomic mass is 10.0. The van der Waals surface area contributed by atoms with Gasteiger partial charge in [0.15, 0.2) is 0 Å². The average Bonchev–Trinajstić information content (AvgIpc) is 3.20. The number of nitrogens with one attached hydrogen (secondary N) is 2. The Kier molecular flexibility index (Phi) is 6.73. The van der Waals surface area contributed by atoms with E-state index in [0.717, 1.165) is 38.0 Å². The Bertz CT molecular complexity index is 739. The van der Waals surface area contributed by atoms with Crippen molar-refractivity contribution >= 4 is 21.6 Å². The highest BCUT2D eigenvalue weighted by Gasteiger charge is 2.25. The minimum Gasteiger partial charge on any atom is -0.376 e. The maximum atomic E-state index is 12.7. The van der Waals surface area contributed by atoms with E-state index in [-0.39, 0.29) is 23.8 Å². The van der Waals surface area contributed by atoms with Gasteiger partial charge in [-0.3, -0.25) is 4.79 Å². The van der Waals surface area contributed by atoms with Crippen LogP contribution in [0.15, 0.2) is 24.3 Å². The molecule has 1 amide bonds. The van der Waals surface area contributed by atoms with Gasteiger partial charge in [0.2, 0.25) is 10.0 Å². The molecule has 0 spiro atoms. The van der Waals surface area contributed by atoms with Crippen LogP contribution in [0.4, 0.5) is 5.69 Å². The van der Waals surface area contributed by atoms with Gasteiger partial charge in [-0.15, -0.1) is 0 Å². The molecule has 0 saturated carbocycles. The van der Waals surface area contributed by atoms with Gasteiger partial charge < -0.3 is 15.0 Å². The molecule has 0 bridgehead atoms. The summed E-state index contributed by atoms with van der Waals surface area (Å²) < 4.78 is 31.8. The number of rotatable bonds is 7. The predicted octanol–water partition coefficient (Wildman–Crippen LogP) is 1.50. The Balaban J connectivity index is 1.60. The van der Waals surface area contributed by atoms with Crippen LogP contribution in [0.2, 0.25) is 0 Å². The average molecular weight is 396 g/mol. The van der Waals surface area contributed by atoms with Crippen LogP contribution in [-0.2, 0) is 14.8 Å². The van der Waals surface area contributed by atoms with Crippen LogP contribution in [0.5, 0.6) is 0 Å². The predicted molar refractivity (Wildman–Crippen MR) is 106 cm³/mol. The maximum absolute atomic E-state index is 12.7. The van der Waals surface area contributed by atoms with Crippen molar-refractivity contribution in [3.63, 3.8) is 0 Å². The largest absolute Gasteiger partial charge is 0.376 e. The fourth-order valence-electron chi connectivity index (χ4n) is 3.62. The summed E-state index contributed by atoms with van der Waals surface area (Å²) in [5, 5.41) is 2.99. The van der Waals surface area contributed by atoms with Gasteiger partial charge in [0.1, 0.15) is 0 Å². The third kappa shape index (κ3) is 5.43. The molecule has 2 fully saturated rings. The van der Waals surface area contributed by atoms with Crippen molar-refractivity contribution in [1.82, 2.24) is 10.0 Å². The van der Waals surface area contributed by atoms with Crippen LogP contribution < -0.4 is 14.9 Å². The number of para-hydroxylation sites is 1. The first-order valence-electron chi connectivity index (χ1n) is 9.72. The molecule has 2 heterocycles. The zero-order chi connectivity index (χ0) is 19.3. The monoisotopic (exact) mass is 395 g/mol. The van der Waals surface area contributed by atoms with Crippen molar-refractivity contribution in [3.8, 4) is 0 Å². The van der Waals surface area contributed by atoms with Crippen molar-refractivity contribution in [2.45, 2.75) is 44.8 Å². The number of carbonyl (C=O) groups excluding carboxylic acids is 1. The minimum atomic E-state index is -3.18. The Morgan fingerprint density at radius 2 is 1.96 bits per heavy atom. The van der Waals surface area contributed by atoms with Gasteiger partial charge in [-0.05, 0) is 44.7 Å². The molecule has 0 radical (unpaired) electrons. The van der Waals surface area contributed by atoms with E-state index in [9.17, 15) is 13.2 Å². The van der Waals surface area contributed by atoms with Crippen molar-refractivity contribution < 1.29 is 17.9 Å². The molecule has 2 aliphatic rings. The lowest BCUT2D eigenvalue weighted by Crippen LogP contribution is -2.45. The van der Waals surface area contributed by atoms with E-state index in [0.29, 0.717) is 25.2 Å². The first-order valence-corrected chi connectivity index (χ1v) is 11.4. The fraction of sp³-hybridized carbons (Fsp3) is 0.632. The lowest BCUT2D eigenvalue weighted by Gasteiger charge is -2.34. The molecule has 7 nitrogen and oxygen atoms in total. The Labute approximate surface area is 161 Å². The number of carbonyl (C=O) groups is 1. The molecular weight excluding hydrogens is 366 g/mol. The number of nitrogens with zero attached hydrogens (tertiary/aromatic N) is 1. The molecule has 150 valence electrons. The van der Waals surface area contributed by atoms with Crippen LogP contribution in [0.3, 0.4) is 0 Å². The Hall–Kier alpha value is -1.64. The van der Waals surface area contributed by atoms with E-state index in [1.54, 1.807) is 6.92 Å². The van der Waals surface area contributed by atoms with E-state index in [4.69, 9.17) is 4.74 Å². The zero-order valence-electron chi connectivity index (χ0n) is 15.8. The summed E-state index contributed by atoms with van der Waals surface area (Å²) in [4.78, 5) is 14.8. The molecule has 27 heavy (non-hydrogen) atoms. The van der Waals surface area contributed by atoms with Crippen molar-refractivity contribution in [2.75, 3.05) is 36.9 Å². The molecule has 2 aliphatic heterocycles. The molecule has 3 rings (SSSR count). The second kappa shape index (κ2) is 9.03. The van der Waals surface area contributed by atoms with Gasteiger partial charge in [0, 0.05) is 38.0 Å². The van der Waals surface area contributed by atoms with Crippen LogP contribution in [0.25, 0.3) is 0 Å². The highest BCUT2D eigenvalue weighted by Crippen LogP contribution is 2.24. The summed E-state index contributed by atoms with van der Waals surface area (Å²) in [7, 11) is -3.18. The number of sulfonamides is 1. The highest BCUT2D eigenvalue weighted by molar-refractivity contribution is 7.89. The number of benzene rings is 1. The van der Waals surface area contributed by atoms with Gasteiger partial charge in [-0.25, -0.2) is 13.1 Å². The molecule has 0 aliphatic carbocycles. The molecule has 1 atom stereocenters. The van der Waals surface area contributed by atoms with Crippen molar-refractivity contribution in [3.05, 3.63) is 29.8 Å². The topological polar surface area (TPSA) is 87.7 Å². The number of anilines is 1. The summed E-state index contributed by atoms with van der Waals surface area (Å²) >= 11 is 0. The van der Waals surface area contributed by atoms with Crippen molar-refractivity contribution in [1.29, 1.82) is 0 Å². The second-order valence-electron chi connectivity index (χ2n) is 7.14. The quantitative estimate of drug-likeness (QED) is 0.731. The van der Waals surface area contributed by atoms with Crippen molar-refractivity contribution in [2.24, 2.45) is 0 Å². The fourth-order valence-corrected chi connectivity index (χ4v) is 4.53. The van der Waals surface area contributed by atoms with Crippen LogP contribution in [0, 0.1) is 0 Å². The SMILES string of the molecule is CCS(=O)(=O)NC1CCN(c2ccccc2C(=O)NC[C@H]2CCCO2)CC1. The molecule has 8 heteroatoms. The Morgan fingerprint density at radius 3 is 2.63 bits per heavy atom. The van der Waals surface area contributed by atoms with Crippen LogP contribution in [-0.4, -0.2) is 58.5 Å². The third-order valence-corrected chi connectivity index (χ3v) is 6.68. The normalized spacial score (nSPS) is 21.4. The second-order valence-corrected chi connectivity index (χ2v) is 9.19. The molecule has 1 aromatic rings. The van der Waals surface area contributed by atoms with Gasteiger partial charge in [0.05, 0.1) is 17.4 Å². The number of amides is 1. The minimum absolute atomic E-state index is 0.0355. The van der Waals surface area contributed by atoms with E-state index < -0.39 is 10.0 Å². The van der Waals surface area contributed by atoms with Gasteiger partial charge in [0.25, 0.3) is 5.91 Å². The van der Waals surface area contributed by atoms with Crippen LogP contribution in [0.1, 0.15) is 43.0 Å². The summed E-state index contributed by atoms with van der Waals surface area (Å²) in [6.45, 7) is 4.38.